The van der Waals surface area contributed by atoms with E-state index in [-0.39, 0.29) is 43.1 Å². The molecule has 7 nitrogen and oxygen atoms in total. The van der Waals surface area contributed by atoms with Gasteiger partial charge in [-0.25, -0.2) is 9.37 Å². The largest absolute Gasteiger partial charge is 0.352 e. The molecule has 0 spiro atoms. The molecule has 2 heterocycles. The molecule has 1 unspecified atom stereocenters. The van der Waals surface area contributed by atoms with Gasteiger partial charge in [0.05, 0.1) is 6.54 Å². The maximum Gasteiger partial charge on any atom is 0.247 e. The Bertz CT molecular complexity index is 1090. The third-order valence-electron chi connectivity index (χ3n) is 4.90. The van der Waals surface area contributed by atoms with E-state index in [1.54, 1.807) is 24.4 Å². The zero-order valence-electron chi connectivity index (χ0n) is 19.0. The summed E-state index contributed by atoms with van der Waals surface area (Å²) in [6, 6.07) is 13.3. The highest BCUT2D eigenvalue weighted by atomic mass is 32.1. The number of carbonyl (C=O) groups is 3. The molecule has 178 valence electrons. The van der Waals surface area contributed by atoms with Crippen LogP contribution in [0.1, 0.15) is 43.2 Å². The molecule has 0 radical (unpaired) electrons. The first-order valence-corrected chi connectivity index (χ1v) is 11.8. The number of halogens is 1. The zero-order chi connectivity index (χ0) is 24.5. The number of anilines is 1. The number of nitrogens with zero attached hydrogens (tertiary/aromatic N) is 2. The Balaban J connectivity index is 1.83. The summed E-state index contributed by atoms with van der Waals surface area (Å²) in [7, 11) is 0. The van der Waals surface area contributed by atoms with E-state index in [1.807, 2.05) is 31.4 Å². The average Bonchev–Trinajstić information content (AvgIpc) is 3.32. The highest BCUT2D eigenvalue weighted by Gasteiger charge is 2.32. The topological polar surface area (TPSA) is 91.4 Å². The minimum atomic E-state index is -0.976. The van der Waals surface area contributed by atoms with Gasteiger partial charge in [0, 0.05) is 30.0 Å². The first-order valence-electron chi connectivity index (χ1n) is 10.9. The van der Waals surface area contributed by atoms with Crippen molar-refractivity contribution in [3.63, 3.8) is 0 Å². The number of hydrogen-bond donors (Lipinski definition) is 2. The fraction of sp³-hybridized carbons (Fsp3) is 0.280. The highest BCUT2D eigenvalue weighted by Crippen LogP contribution is 2.27. The Kier molecular flexibility index (Phi) is 8.86. The lowest BCUT2D eigenvalue weighted by atomic mass is 10.0. The summed E-state index contributed by atoms with van der Waals surface area (Å²) in [6.07, 6.45) is 1.39. The van der Waals surface area contributed by atoms with Crippen LogP contribution < -0.4 is 10.6 Å². The highest BCUT2D eigenvalue weighted by molar-refractivity contribution is 7.09. The third kappa shape index (κ3) is 7.21. The number of rotatable bonds is 10. The molecular formula is C25H27FN4O3S. The van der Waals surface area contributed by atoms with Gasteiger partial charge >= 0.3 is 0 Å². The summed E-state index contributed by atoms with van der Waals surface area (Å²) in [6.45, 7) is 3.84. The first-order chi connectivity index (χ1) is 16.3. The van der Waals surface area contributed by atoms with E-state index < -0.39 is 11.9 Å². The Morgan fingerprint density at radius 3 is 2.41 bits per heavy atom. The number of pyridine rings is 1. The lowest BCUT2D eigenvalue weighted by molar-refractivity contribution is -0.142. The second kappa shape index (κ2) is 12.0. The molecule has 0 bridgehead atoms. The molecule has 1 atom stereocenters. The Morgan fingerprint density at radius 1 is 1.03 bits per heavy atom. The van der Waals surface area contributed by atoms with E-state index in [0.717, 1.165) is 4.88 Å². The fourth-order valence-corrected chi connectivity index (χ4v) is 4.08. The van der Waals surface area contributed by atoms with Crippen LogP contribution in [0.15, 0.2) is 66.2 Å². The van der Waals surface area contributed by atoms with Crippen LogP contribution >= 0.6 is 11.3 Å². The molecule has 0 aliphatic heterocycles. The Labute approximate surface area is 202 Å². The van der Waals surface area contributed by atoms with Gasteiger partial charge in [0.1, 0.15) is 17.7 Å². The molecule has 3 amide bonds. The summed E-state index contributed by atoms with van der Waals surface area (Å²) < 4.78 is 13.6. The maximum absolute atomic E-state index is 13.6. The number of benzene rings is 1. The van der Waals surface area contributed by atoms with E-state index in [1.165, 1.54) is 40.5 Å². The van der Waals surface area contributed by atoms with Gasteiger partial charge < -0.3 is 15.5 Å². The van der Waals surface area contributed by atoms with Crippen molar-refractivity contribution in [3.8, 4) is 0 Å². The van der Waals surface area contributed by atoms with Crippen molar-refractivity contribution in [2.75, 3.05) is 5.32 Å². The summed E-state index contributed by atoms with van der Waals surface area (Å²) >= 11 is 1.46. The number of carbonyl (C=O) groups excluding carboxylic acids is 3. The number of hydrogen-bond acceptors (Lipinski definition) is 5. The van der Waals surface area contributed by atoms with Crippen LogP contribution in [0.4, 0.5) is 10.2 Å². The van der Waals surface area contributed by atoms with Gasteiger partial charge in [-0.15, -0.1) is 11.3 Å². The molecule has 0 fully saturated rings. The van der Waals surface area contributed by atoms with Crippen LogP contribution in [-0.4, -0.2) is 33.6 Å². The molecule has 0 saturated heterocycles. The van der Waals surface area contributed by atoms with Crippen LogP contribution in [0.2, 0.25) is 0 Å². The molecule has 0 aliphatic rings. The van der Waals surface area contributed by atoms with Crippen molar-refractivity contribution in [1.82, 2.24) is 15.2 Å². The number of thiophene rings is 1. The molecule has 34 heavy (non-hydrogen) atoms. The Morgan fingerprint density at radius 2 is 1.79 bits per heavy atom. The summed E-state index contributed by atoms with van der Waals surface area (Å²) in [5.74, 6) is -1.12. The normalized spacial score (nSPS) is 11.6. The van der Waals surface area contributed by atoms with Crippen molar-refractivity contribution in [3.05, 3.63) is 82.4 Å². The van der Waals surface area contributed by atoms with Crippen LogP contribution in [0.5, 0.6) is 0 Å². The summed E-state index contributed by atoms with van der Waals surface area (Å²) in [4.78, 5) is 45.3. The molecule has 3 rings (SSSR count). The molecule has 2 N–H and O–H groups in total. The molecule has 0 aliphatic carbocycles. The standard InChI is InChI=1S/C25H27FN4O3S/c1-17(2)28-25(33)24(18-8-10-19(26)11-9-18)30(16-20-6-5-15-34-20)23(32)13-12-22(31)29-21-7-3-4-14-27-21/h3-11,14-15,17,24H,12-13,16H2,1-2H3,(H,28,33)(H,27,29,31). The van der Waals surface area contributed by atoms with Gasteiger partial charge in [-0.05, 0) is 55.1 Å². The van der Waals surface area contributed by atoms with Crippen molar-refractivity contribution >= 4 is 34.9 Å². The van der Waals surface area contributed by atoms with Gasteiger partial charge in [0.25, 0.3) is 0 Å². The van der Waals surface area contributed by atoms with Crippen molar-refractivity contribution in [2.45, 2.75) is 45.3 Å². The SMILES string of the molecule is CC(C)NC(=O)C(c1ccc(F)cc1)N(Cc1cccs1)C(=O)CCC(=O)Nc1ccccn1. The fourth-order valence-electron chi connectivity index (χ4n) is 3.38. The molecular weight excluding hydrogens is 455 g/mol. The third-order valence-corrected chi connectivity index (χ3v) is 5.76. The molecule has 9 heteroatoms. The van der Waals surface area contributed by atoms with Crippen LogP contribution in [-0.2, 0) is 20.9 Å². The van der Waals surface area contributed by atoms with Crippen LogP contribution in [0.3, 0.4) is 0 Å². The predicted octanol–water partition coefficient (Wildman–Crippen LogP) is 4.30. The number of nitrogens with one attached hydrogen (secondary N) is 2. The predicted molar refractivity (Wildman–Crippen MR) is 129 cm³/mol. The van der Waals surface area contributed by atoms with Gasteiger partial charge in [-0.1, -0.05) is 24.3 Å². The molecule has 1 aromatic carbocycles. The minimum Gasteiger partial charge on any atom is -0.352 e. The van der Waals surface area contributed by atoms with Crippen LogP contribution in [0, 0.1) is 5.82 Å². The van der Waals surface area contributed by atoms with Crippen molar-refractivity contribution in [2.24, 2.45) is 0 Å². The summed E-state index contributed by atoms with van der Waals surface area (Å²) in [5.41, 5.74) is 0.488. The lowest BCUT2D eigenvalue weighted by Crippen LogP contribution is -2.45. The monoisotopic (exact) mass is 482 g/mol. The van der Waals surface area contributed by atoms with E-state index in [0.29, 0.717) is 11.4 Å². The van der Waals surface area contributed by atoms with Gasteiger partial charge in [-0.3, -0.25) is 14.4 Å². The van der Waals surface area contributed by atoms with Crippen molar-refractivity contribution < 1.29 is 18.8 Å². The minimum absolute atomic E-state index is 0.0711. The average molecular weight is 483 g/mol. The van der Waals surface area contributed by atoms with Gasteiger partial charge in [0.2, 0.25) is 17.7 Å². The quantitative estimate of drug-likeness (QED) is 0.451. The second-order valence-electron chi connectivity index (χ2n) is 7.98. The van der Waals surface area contributed by atoms with Gasteiger partial charge in [-0.2, -0.15) is 0 Å². The maximum atomic E-state index is 13.6. The molecule has 0 saturated carbocycles. The molecule has 3 aromatic rings. The van der Waals surface area contributed by atoms with E-state index in [2.05, 4.69) is 15.6 Å². The van der Waals surface area contributed by atoms with Crippen molar-refractivity contribution in [1.29, 1.82) is 0 Å². The number of aromatic nitrogens is 1. The lowest BCUT2D eigenvalue weighted by Gasteiger charge is -2.32. The van der Waals surface area contributed by atoms with E-state index in [9.17, 15) is 18.8 Å². The van der Waals surface area contributed by atoms with E-state index in [4.69, 9.17) is 0 Å². The summed E-state index contributed by atoms with van der Waals surface area (Å²) in [5, 5.41) is 7.40. The molecule has 2 aromatic heterocycles. The second-order valence-corrected chi connectivity index (χ2v) is 9.01. The van der Waals surface area contributed by atoms with Crippen LogP contribution in [0.25, 0.3) is 0 Å². The van der Waals surface area contributed by atoms with Gasteiger partial charge in [0.15, 0.2) is 0 Å². The first kappa shape index (κ1) is 25.0. The zero-order valence-corrected chi connectivity index (χ0v) is 19.8. The van der Waals surface area contributed by atoms with E-state index >= 15 is 0 Å². The number of amides is 3. The Hall–Kier alpha value is -3.59. The smallest absolute Gasteiger partial charge is 0.247 e.